The second-order valence-corrected chi connectivity index (χ2v) is 8.37. The van der Waals surface area contributed by atoms with Crippen molar-refractivity contribution in [2.75, 3.05) is 13.2 Å². The van der Waals surface area contributed by atoms with E-state index in [0.29, 0.717) is 35.9 Å². The largest absolute Gasteiger partial charge is 0.463 e. The molecule has 0 aromatic carbocycles. The standard InChI is InChI=1S/C21H38O4/c1-9-23-20(22)17(5)12-15(3)10-14(2)11-16(4)19-18(6)13-24-21(7,8)25-19/h12,14-16,18-19H,9-11,13H2,1-8H3/b17-12+/t14-,15+,16-,18-,19+/m0/s1. The van der Waals surface area contributed by atoms with Crippen LogP contribution in [0.2, 0.25) is 0 Å². The van der Waals surface area contributed by atoms with Crippen molar-refractivity contribution in [1.82, 2.24) is 0 Å². The summed E-state index contributed by atoms with van der Waals surface area (Å²) in [6.07, 6.45) is 4.44. The number of esters is 1. The Balaban J connectivity index is 2.53. The van der Waals surface area contributed by atoms with Crippen molar-refractivity contribution in [2.45, 2.75) is 80.1 Å². The summed E-state index contributed by atoms with van der Waals surface area (Å²) in [5.41, 5.74) is 0.706. The van der Waals surface area contributed by atoms with E-state index in [4.69, 9.17) is 14.2 Å². The summed E-state index contributed by atoms with van der Waals surface area (Å²) < 4.78 is 17.0. The highest BCUT2D eigenvalue weighted by Crippen LogP contribution is 2.33. The molecule has 0 unspecified atom stereocenters. The van der Waals surface area contributed by atoms with Crippen LogP contribution in [0, 0.1) is 23.7 Å². The monoisotopic (exact) mass is 354 g/mol. The van der Waals surface area contributed by atoms with Crippen molar-refractivity contribution in [3.8, 4) is 0 Å². The third-order valence-corrected chi connectivity index (χ3v) is 4.92. The normalized spacial score (nSPS) is 27.4. The summed E-state index contributed by atoms with van der Waals surface area (Å²) in [6, 6.07) is 0. The minimum atomic E-state index is -0.485. The minimum absolute atomic E-state index is 0.206. The molecule has 146 valence electrons. The van der Waals surface area contributed by atoms with Crippen LogP contribution < -0.4 is 0 Å². The Bertz CT molecular complexity index is 455. The van der Waals surface area contributed by atoms with Gasteiger partial charge in [0.15, 0.2) is 5.79 Å². The molecule has 4 nitrogen and oxygen atoms in total. The first-order valence-electron chi connectivity index (χ1n) is 9.73. The third kappa shape index (κ3) is 7.49. The molecule has 0 spiro atoms. The Kier molecular flexibility index (Phi) is 8.62. The van der Waals surface area contributed by atoms with E-state index in [-0.39, 0.29) is 12.1 Å². The van der Waals surface area contributed by atoms with Crippen molar-refractivity contribution in [3.63, 3.8) is 0 Å². The zero-order chi connectivity index (χ0) is 19.2. The van der Waals surface area contributed by atoms with Crippen LogP contribution in [0.1, 0.15) is 68.2 Å². The van der Waals surface area contributed by atoms with Gasteiger partial charge in [-0.15, -0.1) is 0 Å². The van der Waals surface area contributed by atoms with Crippen molar-refractivity contribution in [3.05, 3.63) is 11.6 Å². The molecule has 1 aliphatic rings. The van der Waals surface area contributed by atoms with E-state index in [9.17, 15) is 4.79 Å². The molecule has 0 saturated carbocycles. The van der Waals surface area contributed by atoms with Gasteiger partial charge in [0.05, 0.1) is 19.3 Å². The zero-order valence-corrected chi connectivity index (χ0v) is 17.4. The van der Waals surface area contributed by atoms with E-state index in [2.05, 4.69) is 27.7 Å². The van der Waals surface area contributed by atoms with E-state index in [1.807, 2.05) is 33.8 Å². The van der Waals surface area contributed by atoms with Gasteiger partial charge in [0, 0.05) is 11.5 Å². The molecule has 1 saturated heterocycles. The summed E-state index contributed by atoms with van der Waals surface area (Å²) in [4.78, 5) is 11.7. The highest BCUT2D eigenvalue weighted by molar-refractivity contribution is 5.87. The molecule has 0 radical (unpaired) electrons. The summed E-state index contributed by atoms with van der Waals surface area (Å²) >= 11 is 0. The molecule has 0 aliphatic carbocycles. The molecule has 0 N–H and O–H groups in total. The molecule has 1 rings (SSSR count). The molecule has 0 amide bonds. The zero-order valence-electron chi connectivity index (χ0n) is 17.4. The van der Waals surface area contributed by atoms with Gasteiger partial charge in [-0.05, 0) is 58.3 Å². The van der Waals surface area contributed by atoms with Crippen LogP contribution in [0.3, 0.4) is 0 Å². The van der Waals surface area contributed by atoms with Crippen molar-refractivity contribution >= 4 is 5.97 Å². The maximum atomic E-state index is 11.7. The van der Waals surface area contributed by atoms with Crippen LogP contribution in [0.5, 0.6) is 0 Å². The molecule has 0 aromatic heterocycles. The smallest absolute Gasteiger partial charge is 0.333 e. The highest BCUT2D eigenvalue weighted by Gasteiger charge is 2.37. The Morgan fingerprint density at radius 1 is 1.28 bits per heavy atom. The summed E-state index contributed by atoms with van der Waals surface area (Å²) in [6.45, 7) is 17.8. The van der Waals surface area contributed by atoms with Crippen LogP contribution in [0.25, 0.3) is 0 Å². The molecule has 0 aromatic rings. The SMILES string of the molecule is CCOC(=O)/C(C)=C/[C@H](C)C[C@H](C)C[C@H](C)[C@H]1OC(C)(C)OC[C@@H]1C. The molecule has 5 atom stereocenters. The van der Waals surface area contributed by atoms with Crippen molar-refractivity contribution in [2.24, 2.45) is 23.7 Å². The van der Waals surface area contributed by atoms with E-state index >= 15 is 0 Å². The fourth-order valence-corrected chi connectivity index (χ4v) is 3.89. The first kappa shape index (κ1) is 22.2. The average Bonchev–Trinajstić information content (AvgIpc) is 2.49. The lowest BCUT2D eigenvalue weighted by molar-refractivity contribution is -0.300. The van der Waals surface area contributed by atoms with Gasteiger partial charge >= 0.3 is 5.97 Å². The fraction of sp³-hybridized carbons (Fsp3) is 0.857. The maximum Gasteiger partial charge on any atom is 0.333 e. The van der Waals surface area contributed by atoms with Crippen LogP contribution in [-0.4, -0.2) is 31.1 Å². The molecular weight excluding hydrogens is 316 g/mol. The molecule has 1 fully saturated rings. The first-order chi connectivity index (χ1) is 11.6. The number of allylic oxidation sites excluding steroid dienone is 1. The summed E-state index contributed by atoms with van der Waals surface area (Å²) in [7, 11) is 0. The second-order valence-electron chi connectivity index (χ2n) is 8.37. The minimum Gasteiger partial charge on any atom is -0.463 e. The fourth-order valence-electron chi connectivity index (χ4n) is 3.89. The van der Waals surface area contributed by atoms with Crippen LogP contribution >= 0.6 is 0 Å². The van der Waals surface area contributed by atoms with Gasteiger partial charge in [0.2, 0.25) is 0 Å². The summed E-state index contributed by atoms with van der Waals surface area (Å²) in [5.74, 6) is 1.13. The molecule has 1 aliphatic heterocycles. The van der Waals surface area contributed by atoms with Crippen molar-refractivity contribution in [1.29, 1.82) is 0 Å². The average molecular weight is 355 g/mol. The summed E-state index contributed by atoms with van der Waals surface area (Å²) in [5, 5.41) is 0. The van der Waals surface area contributed by atoms with Gasteiger partial charge in [-0.1, -0.05) is 33.8 Å². The number of hydrogen-bond donors (Lipinski definition) is 0. The number of carbonyl (C=O) groups excluding carboxylic acids is 1. The van der Waals surface area contributed by atoms with Gasteiger partial charge in [-0.3, -0.25) is 0 Å². The van der Waals surface area contributed by atoms with E-state index in [1.165, 1.54) is 0 Å². The van der Waals surface area contributed by atoms with Gasteiger partial charge in [-0.2, -0.15) is 0 Å². The third-order valence-electron chi connectivity index (χ3n) is 4.92. The Morgan fingerprint density at radius 2 is 1.92 bits per heavy atom. The van der Waals surface area contributed by atoms with Crippen LogP contribution in [-0.2, 0) is 19.0 Å². The predicted octanol–water partition coefficient (Wildman–Crippen LogP) is 4.97. The Labute approximate surface area is 154 Å². The molecule has 25 heavy (non-hydrogen) atoms. The van der Waals surface area contributed by atoms with Crippen LogP contribution in [0.4, 0.5) is 0 Å². The first-order valence-corrected chi connectivity index (χ1v) is 9.73. The van der Waals surface area contributed by atoms with E-state index in [1.54, 1.807) is 0 Å². The topological polar surface area (TPSA) is 44.8 Å². The lowest BCUT2D eigenvalue weighted by Crippen LogP contribution is -2.47. The Hall–Kier alpha value is -0.870. The van der Waals surface area contributed by atoms with E-state index in [0.717, 1.165) is 19.4 Å². The predicted molar refractivity (Wildman–Crippen MR) is 101 cm³/mol. The number of hydrogen-bond acceptors (Lipinski definition) is 4. The van der Waals surface area contributed by atoms with Gasteiger partial charge in [-0.25, -0.2) is 4.79 Å². The molecule has 1 heterocycles. The van der Waals surface area contributed by atoms with Crippen LogP contribution in [0.15, 0.2) is 11.6 Å². The van der Waals surface area contributed by atoms with Crippen molar-refractivity contribution < 1.29 is 19.0 Å². The van der Waals surface area contributed by atoms with Gasteiger partial charge in [0.1, 0.15) is 0 Å². The number of rotatable bonds is 8. The maximum absolute atomic E-state index is 11.7. The lowest BCUT2D eigenvalue weighted by Gasteiger charge is -2.43. The molecular formula is C21H38O4. The van der Waals surface area contributed by atoms with E-state index < -0.39 is 5.79 Å². The quantitative estimate of drug-likeness (QED) is 0.456. The number of ether oxygens (including phenoxy) is 3. The second kappa shape index (κ2) is 9.72. The number of carbonyl (C=O) groups is 1. The molecule has 0 bridgehead atoms. The van der Waals surface area contributed by atoms with Gasteiger partial charge in [0.25, 0.3) is 0 Å². The molecule has 4 heteroatoms. The lowest BCUT2D eigenvalue weighted by atomic mass is 9.83. The Morgan fingerprint density at radius 3 is 2.52 bits per heavy atom. The highest BCUT2D eigenvalue weighted by atomic mass is 16.7. The van der Waals surface area contributed by atoms with Gasteiger partial charge < -0.3 is 14.2 Å².